The van der Waals surface area contributed by atoms with Crippen molar-refractivity contribution in [1.82, 2.24) is 15.2 Å². The zero-order chi connectivity index (χ0) is 19.1. The maximum atomic E-state index is 12.5. The number of pyridine rings is 1. The quantitative estimate of drug-likeness (QED) is 0.830. The number of carbonyl (C=O) groups is 2. The van der Waals surface area contributed by atoms with Gasteiger partial charge in [-0.25, -0.2) is 0 Å². The molecule has 5 nitrogen and oxygen atoms in total. The summed E-state index contributed by atoms with van der Waals surface area (Å²) in [6.07, 6.45) is 6.54. The molecule has 0 aliphatic carbocycles. The molecule has 1 unspecified atom stereocenters. The predicted octanol–water partition coefficient (Wildman–Crippen LogP) is 3.21. The molecular formula is C22H25N3O2. The van der Waals surface area contributed by atoms with E-state index >= 15 is 0 Å². The number of aromatic nitrogens is 1. The van der Waals surface area contributed by atoms with Crippen LogP contribution in [0, 0.1) is 5.92 Å². The fraction of sp³-hybridized carbons (Fsp3) is 0.318. The predicted molar refractivity (Wildman–Crippen MR) is 106 cm³/mol. The van der Waals surface area contributed by atoms with Gasteiger partial charge in [0, 0.05) is 31.3 Å². The molecule has 2 amide bonds. The van der Waals surface area contributed by atoms with Crippen LogP contribution in [-0.4, -0.2) is 34.8 Å². The third kappa shape index (κ3) is 5.26. The fourth-order valence-corrected chi connectivity index (χ4v) is 3.24. The van der Waals surface area contributed by atoms with Gasteiger partial charge in [-0.2, -0.15) is 0 Å². The van der Waals surface area contributed by atoms with Gasteiger partial charge in [0.2, 0.25) is 11.8 Å². The van der Waals surface area contributed by atoms with Crippen molar-refractivity contribution in [3.8, 4) is 0 Å². The zero-order valence-corrected chi connectivity index (χ0v) is 15.5. The highest BCUT2D eigenvalue weighted by molar-refractivity contribution is 5.92. The Hall–Kier alpha value is -2.95. The van der Waals surface area contributed by atoms with Crippen LogP contribution in [0.1, 0.15) is 37.1 Å². The molecule has 1 aromatic heterocycles. The molecule has 0 saturated carbocycles. The van der Waals surface area contributed by atoms with Gasteiger partial charge in [0.25, 0.3) is 0 Å². The van der Waals surface area contributed by atoms with Crippen LogP contribution in [0.25, 0.3) is 6.08 Å². The van der Waals surface area contributed by atoms with Gasteiger partial charge < -0.3 is 10.2 Å². The van der Waals surface area contributed by atoms with Gasteiger partial charge in [0.1, 0.15) is 0 Å². The maximum absolute atomic E-state index is 12.5. The van der Waals surface area contributed by atoms with Crippen molar-refractivity contribution in [2.45, 2.75) is 25.8 Å². The van der Waals surface area contributed by atoms with Gasteiger partial charge in [0.05, 0.1) is 11.7 Å². The van der Waals surface area contributed by atoms with Gasteiger partial charge in [-0.05, 0) is 43.5 Å². The molecule has 0 spiro atoms. The molecule has 0 bridgehead atoms. The SMILES string of the molecule is CC(NC(=O)C1CCN(C(=O)/C=C/c2ccccc2)CC1)c1ccccn1. The van der Waals surface area contributed by atoms with E-state index in [1.165, 1.54) is 0 Å². The molecular weight excluding hydrogens is 338 g/mol. The van der Waals surface area contributed by atoms with Crippen LogP contribution in [0.15, 0.2) is 60.8 Å². The Bertz CT molecular complexity index is 782. The van der Waals surface area contributed by atoms with Crippen LogP contribution in [0.4, 0.5) is 0 Å². The lowest BCUT2D eigenvalue weighted by molar-refractivity contribution is -0.132. The number of benzene rings is 1. The average Bonchev–Trinajstić information content (AvgIpc) is 2.73. The molecule has 1 aliphatic rings. The first-order chi connectivity index (χ1) is 13.1. The molecule has 1 aromatic carbocycles. The van der Waals surface area contributed by atoms with E-state index in [0.717, 1.165) is 11.3 Å². The lowest BCUT2D eigenvalue weighted by Gasteiger charge is -2.31. The normalized spacial score (nSPS) is 16.3. The van der Waals surface area contributed by atoms with Crippen molar-refractivity contribution in [3.05, 3.63) is 72.1 Å². The van der Waals surface area contributed by atoms with Crippen LogP contribution in [0.3, 0.4) is 0 Å². The van der Waals surface area contributed by atoms with Gasteiger partial charge in [-0.1, -0.05) is 36.4 Å². The number of hydrogen-bond acceptors (Lipinski definition) is 3. The smallest absolute Gasteiger partial charge is 0.246 e. The zero-order valence-electron chi connectivity index (χ0n) is 15.5. The van der Waals surface area contributed by atoms with E-state index in [-0.39, 0.29) is 23.8 Å². The third-order valence-corrected chi connectivity index (χ3v) is 4.89. The first-order valence-corrected chi connectivity index (χ1v) is 9.37. The lowest BCUT2D eigenvalue weighted by Crippen LogP contribution is -2.43. The van der Waals surface area contributed by atoms with Crippen molar-refractivity contribution in [3.63, 3.8) is 0 Å². The second-order valence-corrected chi connectivity index (χ2v) is 6.83. The molecule has 1 fully saturated rings. The third-order valence-electron chi connectivity index (χ3n) is 4.89. The molecule has 1 N–H and O–H groups in total. The van der Waals surface area contributed by atoms with E-state index < -0.39 is 0 Å². The van der Waals surface area contributed by atoms with Crippen molar-refractivity contribution >= 4 is 17.9 Å². The highest BCUT2D eigenvalue weighted by Gasteiger charge is 2.27. The number of rotatable bonds is 5. The summed E-state index contributed by atoms with van der Waals surface area (Å²) in [4.78, 5) is 30.9. The van der Waals surface area contributed by atoms with E-state index in [1.54, 1.807) is 12.3 Å². The van der Waals surface area contributed by atoms with Gasteiger partial charge in [-0.15, -0.1) is 0 Å². The minimum Gasteiger partial charge on any atom is -0.348 e. The monoisotopic (exact) mass is 363 g/mol. The maximum Gasteiger partial charge on any atom is 0.246 e. The highest BCUT2D eigenvalue weighted by Crippen LogP contribution is 2.19. The Morgan fingerprint density at radius 1 is 1.11 bits per heavy atom. The van der Waals surface area contributed by atoms with Crippen molar-refractivity contribution in [2.24, 2.45) is 5.92 Å². The molecule has 3 rings (SSSR count). The van der Waals surface area contributed by atoms with Crippen LogP contribution < -0.4 is 5.32 Å². The molecule has 1 aliphatic heterocycles. The number of nitrogens with one attached hydrogen (secondary N) is 1. The number of carbonyl (C=O) groups excluding carboxylic acids is 2. The summed E-state index contributed by atoms with van der Waals surface area (Å²) < 4.78 is 0. The van der Waals surface area contributed by atoms with Gasteiger partial charge in [-0.3, -0.25) is 14.6 Å². The summed E-state index contributed by atoms with van der Waals surface area (Å²) in [6, 6.07) is 15.3. The average molecular weight is 363 g/mol. The lowest BCUT2D eigenvalue weighted by atomic mass is 9.95. The van der Waals surface area contributed by atoms with E-state index in [1.807, 2.05) is 66.4 Å². The molecule has 5 heteroatoms. The summed E-state index contributed by atoms with van der Waals surface area (Å²) in [5.74, 6) is -0.0158. The molecule has 2 aromatic rings. The van der Waals surface area contributed by atoms with Crippen molar-refractivity contribution in [1.29, 1.82) is 0 Å². The van der Waals surface area contributed by atoms with Gasteiger partial charge >= 0.3 is 0 Å². The molecule has 1 atom stereocenters. The van der Waals surface area contributed by atoms with E-state index in [9.17, 15) is 9.59 Å². The Morgan fingerprint density at radius 3 is 2.48 bits per heavy atom. The van der Waals surface area contributed by atoms with E-state index in [0.29, 0.717) is 25.9 Å². The number of likely N-dealkylation sites (tertiary alicyclic amines) is 1. The standard InChI is InChI=1S/C22H25N3O2/c1-17(20-9-5-6-14-23-20)24-22(27)19-12-15-25(16-13-19)21(26)11-10-18-7-3-2-4-8-18/h2-11,14,17,19H,12-13,15-16H2,1H3,(H,24,27)/b11-10+. The van der Waals surface area contributed by atoms with E-state index in [2.05, 4.69) is 10.3 Å². The summed E-state index contributed by atoms with van der Waals surface area (Å²) >= 11 is 0. The number of amides is 2. The van der Waals surface area contributed by atoms with Crippen molar-refractivity contribution in [2.75, 3.05) is 13.1 Å². The summed E-state index contributed by atoms with van der Waals surface area (Å²) in [7, 11) is 0. The van der Waals surface area contributed by atoms with Crippen LogP contribution >= 0.6 is 0 Å². The summed E-state index contributed by atoms with van der Waals surface area (Å²) in [5, 5.41) is 3.04. The Labute approximate surface area is 160 Å². The number of hydrogen-bond donors (Lipinski definition) is 1. The second kappa shape index (κ2) is 9.12. The summed E-state index contributed by atoms with van der Waals surface area (Å²) in [6.45, 7) is 3.15. The van der Waals surface area contributed by atoms with E-state index in [4.69, 9.17) is 0 Å². The largest absolute Gasteiger partial charge is 0.348 e. The van der Waals surface area contributed by atoms with Crippen LogP contribution in [0.2, 0.25) is 0 Å². The first kappa shape index (κ1) is 18.8. The minimum atomic E-state index is -0.118. The van der Waals surface area contributed by atoms with Crippen molar-refractivity contribution < 1.29 is 9.59 Å². The molecule has 0 radical (unpaired) electrons. The van der Waals surface area contributed by atoms with Crippen LogP contribution in [0.5, 0.6) is 0 Å². The molecule has 27 heavy (non-hydrogen) atoms. The second-order valence-electron chi connectivity index (χ2n) is 6.83. The summed E-state index contributed by atoms with van der Waals surface area (Å²) in [5.41, 5.74) is 1.85. The molecule has 1 saturated heterocycles. The Morgan fingerprint density at radius 2 is 1.81 bits per heavy atom. The topological polar surface area (TPSA) is 62.3 Å². The minimum absolute atomic E-state index is 0.000403. The van der Waals surface area contributed by atoms with Crippen LogP contribution in [-0.2, 0) is 9.59 Å². The molecule has 140 valence electrons. The van der Waals surface area contributed by atoms with Gasteiger partial charge in [0.15, 0.2) is 0 Å². The number of piperidine rings is 1. The highest BCUT2D eigenvalue weighted by atomic mass is 16.2. The molecule has 2 heterocycles. The fourth-order valence-electron chi connectivity index (χ4n) is 3.24. The Kier molecular flexibility index (Phi) is 6.36. The Balaban J connectivity index is 1.47. The number of nitrogens with zero attached hydrogens (tertiary/aromatic N) is 2. The first-order valence-electron chi connectivity index (χ1n) is 9.37.